The van der Waals surface area contributed by atoms with Crippen molar-refractivity contribution in [3.63, 3.8) is 0 Å². The smallest absolute Gasteiger partial charge is 0.246 e. The molecule has 0 aromatic heterocycles. The lowest BCUT2D eigenvalue weighted by Crippen LogP contribution is -2.48. The number of aryl methyl sites for hydroxylation is 2. The summed E-state index contributed by atoms with van der Waals surface area (Å²) in [6.45, 7) is 8.52. The van der Waals surface area contributed by atoms with Crippen molar-refractivity contribution in [3.8, 4) is 5.75 Å². The highest BCUT2D eigenvalue weighted by molar-refractivity contribution is 7.89. The number of sulfonamides is 1. The van der Waals surface area contributed by atoms with Gasteiger partial charge in [0.1, 0.15) is 10.6 Å². The molecule has 0 saturated carbocycles. The molecule has 0 N–H and O–H groups in total. The van der Waals surface area contributed by atoms with E-state index in [0.29, 0.717) is 43.6 Å². The third-order valence-electron chi connectivity index (χ3n) is 5.00. The molecular formula is C21H27ClN2O3S. The topological polar surface area (TPSA) is 49.9 Å². The minimum Gasteiger partial charge on any atom is -0.492 e. The van der Waals surface area contributed by atoms with E-state index in [1.165, 1.54) is 15.9 Å². The number of piperazine rings is 1. The monoisotopic (exact) mass is 422 g/mol. The number of hydrogen-bond acceptors (Lipinski definition) is 4. The lowest BCUT2D eigenvalue weighted by atomic mass is 10.1. The summed E-state index contributed by atoms with van der Waals surface area (Å²) in [5, 5.41) is 0.431. The Morgan fingerprint density at radius 2 is 1.71 bits per heavy atom. The van der Waals surface area contributed by atoms with E-state index in [2.05, 4.69) is 24.0 Å². The summed E-state index contributed by atoms with van der Waals surface area (Å²) in [7, 11) is -3.68. The Labute approximate surface area is 172 Å². The standard InChI is InChI=1S/C21H27ClN2O3S/c1-4-13-27-20-14-17(3)18(22)15-21(20)28(25,26)24-11-9-23(10-12-24)19-8-6-5-7-16(19)2/h5-8,14-15H,4,9-13H2,1-3H3. The van der Waals surface area contributed by atoms with E-state index in [1.807, 2.05) is 26.0 Å². The van der Waals surface area contributed by atoms with Gasteiger partial charge in [0.25, 0.3) is 0 Å². The fraction of sp³-hybridized carbons (Fsp3) is 0.429. The molecule has 2 aromatic rings. The van der Waals surface area contributed by atoms with Crippen LogP contribution in [0, 0.1) is 13.8 Å². The van der Waals surface area contributed by atoms with E-state index in [-0.39, 0.29) is 4.90 Å². The van der Waals surface area contributed by atoms with Gasteiger partial charge in [-0.05, 0) is 49.6 Å². The number of rotatable bonds is 6. The van der Waals surface area contributed by atoms with Crippen molar-refractivity contribution >= 4 is 27.3 Å². The number of halogens is 1. The van der Waals surface area contributed by atoms with Crippen molar-refractivity contribution in [2.24, 2.45) is 0 Å². The summed E-state index contributed by atoms with van der Waals surface area (Å²) in [4.78, 5) is 2.39. The van der Waals surface area contributed by atoms with Gasteiger partial charge < -0.3 is 9.64 Å². The highest BCUT2D eigenvalue weighted by Crippen LogP contribution is 2.33. The summed E-state index contributed by atoms with van der Waals surface area (Å²) < 4.78 is 33.9. The van der Waals surface area contributed by atoms with Gasteiger partial charge in [0.2, 0.25) is 10.0 Å². The average Bonchev–Trinajstić information content (AvgIpc) is 2.69. The molecule has 3 rings (SSSR count). The normalized spacial score (nSPS) is 15.6. The van der Waals surface area contributed by atoms with Crippen LogP contribution in [0.3, 0.4) is 0 Å². The molecule has 0 bridgehead atoms. The molecule has 1 aliphatic heterocycles. The molecule has 1 fully saturated rings. The van der Waals surface area contributed by atoms with Crippen LogP contribution in [0.4, 0.5) is 5.69 Å². The fourth-order valence-corrected chi connectivity index (χ4v) is 5.18. The quantitative estimate of drug-likeness (QED) is 0.698. The van der Waals surface area contributed by atoms with Crippen molar-refractivity contribution in [1.29, 1.82) is 0 Å². The molecular weight excluding hydrogens is 396 g/mol. The maximum Gasteiger partial charge on any atom is 0.246 e. The zero-order chi connectivity index (χ0) is 20.3. The van der Waals surface area contributed by atoms with Gasteiger partial charge in [-0.1, -0.05) is 36.7 Å². The first-order chi connectivity index (χ1) is 13.3. The van der Waals surface area contributed by atoms with Crippen molar-refractivity contribution < 1.29 is 13.2 Å². The maximum atomic E-state index is 13.3. The second-order valence-corrected chi connectivity index (χ2v) is 9.39. The molecule has 0 radical (unpaired) electrons. The second-order valence-electron chi connectivity index (χ2n) is 7.07. The van der Waals surface area contributed by atoms with E-state index in [1.54, 1.807) is 6.07 Å². The molecule has 1 heterocycles. The Bertz CT molecular complexity index is 939. The van der Waals surface area contributed by atoms with Crippen LogP contribution in [0.2, 0.25) is 5.02 Å². The van der Waals surface area contributed by atoms with Crippen LogP contribution in [0.15, 0.2) is 41.3 Å². The number of benzene rings is 2. The first kappa shape index (κ1) is 21.0. The van der Waals surface area contributed by atoms with Gasteiger partial charge in [-0.15, -0.1) is 0 Å². The Morgan fingerprint density at radius 1 is 1.04 bits per heavy atom. The Hall–Kier alpha value is -1.76. The summed E-state index contributed by atoms with van der Waals surface area (Å²) in [6.07, 6.45) is 0.802. The molecule has 0 amide bonds. The lowest BCUT2D eigenvalue weighted by Gasteiger charge is -2.36. The van der Waals surface area contributed by atoms with Gasteiger partial charge in [0.05, 0.1) is 6.61 Å². The SMILES string of the molecule is CCCOc1cc(C)c(Cl)cc1S(=O)(=O)N1CCN(c2ccccc2C)CC1. The molecule has 28 heavy (non-hydrogen) atoms. The summed E-state index contributed by atoms with van der Waals surface area (Å²) >= 11 is 6.24. The van der Waals surface area contributed by atoms with E-state index >= 15 is 0 Å². The largest absolute Gasteiger partial charge is 0.492 e. The van der Waals surface area contributed by atoms with E-state index in [0.717, 1.165) is 17.7 Å². The highest BCUT2D eigenvalue weighted by atomic mass is 35.5. The molecule has 5 nitrogen and oxygen atoms in total. The third kappa shape index (κ3) is 4.29. The molecule has 0 atom stereocenters. The average molecular weight is 423 g/mol. The highest BCUT2D eigenvalue weighted by Gasteiger charge is 2.32. The molecule has 7 heteroatoms. The number of anilines is 1. The molecule has 0 spiro atoms. The molecule has 2 aromatic carbocycles. The minimum absolute atomic E-state index is 0.154. The van der Waals surface area contributed by atoms with Gasteiger partial charge in [-0.3, -0.25) is 0 Å². The number of para-hydroxylation sites is 1. The Balaban J connectivity index is 1.83. The van der Waals surface area contributed by atoms with Crippen molar-refractivity contribution in [3.05, 3.63) is 52.5 Å². The van der Waals surface area contributed by atoms with Gasteiger partial charge in [-0.2, -0.15) is 4.31 Å². The number of ether oxygens (including phenoxy) is 1. The van der Waals surface area contributed by atoms with Crippen LogP contribution < -0.4 is 9.64 Å². The van der Waals surface area contributed by atoms with Crippen LogP contribution in [0.1, 0.15) is 24.5 Å². The first-order valence-electron chi connectivity index (χ1n) is 9.58. The van der Waals surface area contributed by atoms with Crippen LogP contribution in [-0.2, 0) is 10.0 Å². The molecule has 1 saturated heterocycles. The minimum atomic E-state index is -3.68. The Kier molecular flexibility index (Phi) is 6.53. The lowest BCUT2D eigenvalue weighted by molar-refractivity contribution is 0.306. The van der Waals surface area contributed by atoms with Crippen molar-refractivity contribution in [1.82, 2.24) is 4.31 Å². The predicted molar refractivity (Wildman–Crippen MR) is 114 cm³/mol. The van der Waals surface area contributed by atoms with E-state index in [9.17, 15) is 8.42 Å². The van der Waals surface area contributed by atoms with Gasteiger partial charge in [0, 0.05) is 36.9 Å². The summed E-state index contributed by atoms with van der Waals surface area (Å²) in [5.41, 5.74) is 3.15. The van der Waals surface area contributed by atoms with E-state index < -0.39 is 10.0 Å². The zero-order valence-corrected chi connectivity index (χ0v) is 18.2. The second kappa shape index (κ2) is 8.72. The third-order valence-corrected chi connectivity index (χ3v) is 7.33. The van der Waals surface area contributed by atoms with Crippen LogP contribution >= 0.6 is 11.6 Å². The molecule has 0 aliphatic carbocycles. The van der Waals surface area contributed by atoms with Gasteiger partial charge in [-0.25, -0.2) is 8.42 Å². The van der Waals surface area contributed by atoms with E-state index in [4.69, 9.17) is 16.3 Å². The number of hydrogen-bond donors (Lipinski definition) is 0. The fourth-order valence-electron chi connectivity index (χ4n) is 3.39. The summed E-state index contributed by atoms with van der Waals surface area (Å²) in [5.74, 6) is 0.380. The molecule has 0 unspecified atom stereocenters. The predicted octanol–water partition coefficient (Wildman–Crippen LogP) is 4.26. The van der Waals surface area contributed by atoms with Gasteiger partial charge >= 0.3 is 0 Å². The van der Waals surface area contributed by atoms with Crippen LogP contribution in [-0.4, -0.2) is 45.5 Å². The Morgan fingerprint density at radius 3 is 2.36 bits per heavy atom. The number of nitrogens with zero attached hydrogens (tertiary/aromatic N) is 2. The van der Waals surface area contributed by atoms with Crippen LogP contribution in [0.25, 0.3) is 0 Å². The first-order valence-corrected chi connectivity index (χ1v) is 11.4. The maximum absolute atomic E-state index is 13.3. The summed E-state index contributed by atoms with van der Waals surface area (Å²) in [6, 6.07) is 11.4. The van der Waals surface area contributed by atoms with Crippen molar-refractivity contribution in [2.75, 3.05) is 37.7 Å². The molecule has 1 aliphatic rings. The van der Waals surface area contributed by atoms with Crippen molar-refractivity contribution in [2.45, 2.75) is 32.1 Å². The van der Waals surface area contributed by atoms with Gasteiger partial charge in [0.15, 0.2) is 0 Å². The molecule has 152 valence electrons. The zero-order valence-electron chi connectivity index (χ0n) is 16.6. The van der Waals surface area contributed by atoms with Crippen LogP contribution in [0.5, 0.6) is 5.75 Å².